The van der Waals surface area contributed by atoms with Crippen molar-refractivity contribution in [3.63, 3.8) is 0 Å². The Bertz CT molecular complexity index is 435. The van der Waals surface area contributed by atoms with Gasteiger partial charge in [0.2, 0.25) is 0 Å². The van der Waals surface area contributed by atoms with Crippen LogP contribution in [-0.4, -0.2) is 39.9 Å². The summed E-state index contributed by atoms with van der Waals surface area (Å²) in [6.45, 7) is 8.07. The molecule has 0 aromatic carbocycles. The van der Waals surface area contributed by atoms with Gasteiger partial charge >= 0.3 is 0 Å². The van der Waals surface area contributed by atoms with Gasteiger partial charge < -0.3 is 5.32 Å². The average molecular weight is 276 g/mol. The molecule has 0 bridgehead atoms. The number of aromatic nitrogens is 2. The van der Waals surface area contributed by atoms with E-state index in [2.05, 4.69) is 35.4 Å². The Morgan fingerprint density at radius 1 is 1.40 bits per heavy atom. The van der Waals surface area contributed by atoms with Gasteiger partial charge in [0.05, 0.1) is 6.20 Å². The van der Waals surface area contributed by atoms with E-state index in [4.69, 9.17) is 0 Å². The molecule has 1 N–H and O–H groups in total. The van der Waals surface area contributed by atoms with Crippen LogP contribution in [0, 0.1) is 11.8 Å². The van der Waals surface area contributed by atoms with Crippen molar-refractivity contribution in [2.24, 2.45) is 18.9 Å². The van der Waals surface area contributed by atoms with E-state index >= 15 is 0 Å². The predicted molar refractivity (Wildman–Crippen MR) is 81.4 cm³/mol. The molecule has 2 fully saturated rings. The minimum Gasteiger partial charge on any atom is -0.311 e. The van der Waals surface area contributed by atoms with Crippen LogP contribution in [0.25, 0.3) is 0 Å². The van der Waals surface area contributed by atoms with Gasteiger partial charge in [-0.3, -0.25) is 9.58 Å². The maximum absolute atomic E-state index is 4.31. The third-order valence-electron chi connectivity index (χ3n) is 4.64. The molecule has 2 heterocycles. The molecule has 112 valence electrons. The van der Waals surface area contributed by atoms with Crippen molar-refractivity contribution in [1.29, 1.82) is 0 Å². The van der Waals surface area contributed by atoms with Gasteiger partial charge in [-0.1, -0.05) is 13.8 Å². The van der Waals surface area contributed by atoms with Crippen LogP contribution in [0.5, 0.6) is 0 Å². The largest absolute Gasteiger partial charge is 0.311 e. The van der Waals surface area contributed by atoms with Crippen LogP contribution >= 0.6 is 0 Å². The van der Waals surface area contributed by atoms with Gasteiger partial charge in [0.15, 0.2) is 0 Å². The fourth-order valence-corrected chi connectivity index (χ4v) is 3.46. The third kappa shape index (κ3) is 3.41. The lowest BCUT2D eigenvalue weighted by Crippen LogP contribution is -2.57. The normalized spacial score (nSPS) is 28.2. The molecule has 1 saturated heterocycles. The van der Waals surface area contributed by atoms with E-state index in [-0.39, 0.29) is 0 Å². The second-order valence-electron chi connectivity index (χ2n) is 7.09. The molecule has 1 aromatic rings. The van der Waals surface area contributed by atoms with Crippen LogP contribution in [0.3, 0.4) is 0 Å². The fourth-order valence-electron chi connectivity index (χ4n) is 3.46. The van der Waals surface area contributed by atoms with Gasteiger partial charge in [-0.15, -0.1) is 0 Å². The summed E-state index contributed by atoms with van der Waals surface area (Å²) in [4.78, 5) is 2.69. The topological polar surface area (TPSA) is 33.1 Å². The Balaban J connectivity index is 1.66. The molecular formula is C16H28N4. The standard InChI is InChI=1S/C16H28N4/c1-12(2)6-15-8-17-16(14-4-5-14)11-20(15)10-13-7-18-19(3)9-13/h7,9,12,14-17H,4-6,8,10-11H2,1-3H3. The molecule has 2 atom stereocenters. The molecular weight excluding hydrogens is 248 g/mol. The maximum Gasteiger partial charge on any atom is 0.0534 e. The van der Waals surface area contributed by atoms with Crippen molar-refractivity contribution in [2.45, 2.75) is 51.7 Å². The zero-order valence-corrected chi connectivity index (χ0v) is 13.0. The molecule has 3 rings (SSSR count). The first kappa shape index (κ1) is 14.1. The van der Waals surface area contributed by atoms with Gasteiger partial charge in [0.25, 0.3) is 0 Å². The zero-order chi connectivity index (χ0) is 14.1. The molecule has 1 aliphatic carbocycles. The monoisotopic (exact) mass is 276 g/mol. The molecule has 2 aliphatic rings. The molecule has 1 aromatic heterocycles. The van der Waals surface area contributed by atoms with Crippen LogP contribution in [0.4, 0.5) is 0 Å². The van der Waals surface area contributed by atoms with Gasteiger partial charge in [-0.25, -0.2) is 0 Å². The summed E-state index contributed by atoms with van der Waals surface area (Å²) in [7, 11) is 2.00. The van der Waals surface area contributed by atoms with Gasteiger partial charge in [-0.2, -0.15) is 5.10 Å². The number of rotatable bonds is 5. The predicted octanol–water partition coefficient (Wildman–Crippen LogP) is 2.02. The first-order chi connectivity index (χ1) is 9.61. The van der Waals surface area contributed by atoms with E-state index in [1.54, 1.807) is 0 Å². The first-order valence-corrected chi connectivity index (χ1v) is 8.06. The average Bonchev–Trinajstić information content (AvgIpc) is 3.15. The number of nitrogens with zero attached hydrogens (tertiary/aromatic N) is 3. The molecule has 0 radical (unpaired) electrons. The van der Waals surface area contributed by atoms with Crippen molar-refractivity contribution in [1.82, 2.24) is 20.0 Å². The third-order valence-corrected chi connectivity index (χ3v) is 4.64. The molecule has 1 saturated carbocycles. The van der Waals surface area contributed by atoms with E-state index in [0.717, 1.165) is 31.0 Å². The number of nitrogens with one attached hydrogen (secondary N) is 1. The smallest absolute Gasteiger partial charge is 0.0534 e. The van der Waals surface area contributed by atoms with E-state index in [9.17, 15) is 0 Å². The van der Waals surface area contributed by atoms with Crippen molar-refractivity contribution in [3.8, 4) is 0 Å². The van der Waals surface area contributed by atoms with Crippen molar-refractivity contribution >= 4 is 0 Å². The maximum atomic E-state index is 4.31. The first-order valence-electron chi connectivity index (χ1n) is 8.06. The minimum absolute atomic E-state index is 0.671. The van der Waals surface area contributed by atoms with Crippen molar-refractivity contribution < 1.29 is 0 Å². The number of aryl methyl sites for hydroxylation is 1. The summed E-state index contributed by atoms with van der Waals surface area (Å²) in [6.07, 6.45) is 8.30. The highest BCUT2D eigenvalue weighted by molar-refractivity contribution is 5.05. The van der Waals surface area contributed by atoms with E-state index < -0.39 is 0 Å². The zero-order valence-electron chi connectivity index (χ0n) is 13.0. The quantitative estimate of drug-likeness (QED) is 0.893. The Kier molecular flexibility index (Phi) is 4.13. The SMILES string of the molecule is CC(C)CC1CNC(C2CC2)CN1Cc1cnn(C)c1. The van der Waals surface area contributed by atoms with Crippen molar-refractivity contribution in [2.75, 3.05) is 13.1 Å². The molecule has 0 spiro atoms. The minimum atomic E-state index is 0.671. The van der Waals surface area contributed by atoms with Gasteiger partial charge in [0, 0.05) is 50.5 Å². The lowest BCUT2D eigenvalue weighted by atomic mass is 9.97. The highest BCUT2D eigenvalue weighted by Crippen LogP contribution is 2.35. The molecule has 2 unspecified atom stereocenters. The van der Waals surface area contributed by atoms with Crippen molar-refractivity contribution in [3.05, 3.63) is 18.0 Å². The summed E-state index contributed by atoms with van der Waals surface area (Å²) in [5, 5.41) is 8.10. The number of hydrogen-bond donors (Lipinski definition) is 1. The van der Waals surface area contributed by atoms with E-state index in [1.165, 1.54) is 31.4 Å². The second kappa shape index (κ2) is 5.86. The highest BCUT2D eigenvalue weighted by atomic mass is 15.3. The lowest BCUT2D eigenvalue weighted by molar-refractivity contribution is 0.0999. The van der Waals surface area contributed by atoms with E-state index in [1.807, 2.05) is 17.9 Å². The summed E-state index contributed by atoms with van der Waals surface area (Å²) < 4.78 is 1.91. The summed E-state index contributed by atoms with van der Waals surface area (Å²) in [5.74, 6) is 1.70. The Morgan fingerprint density at radius 2 is 2.20 bits per heavy atom. The fraction of sp³-hybridized carbons (Fsp3) is 0.812. The Morgan fingerprint density at radius 3 is 2.80 bits per heavy atom. The number of hydrogen-bond acceptors (Lipinski definition) is 3. The summed E-state index contributed by atoms with van der Waals surface area (Å²) in [5.41, 5.74) is 1.35. The molecule has 20 heavy (non-hydrogen) atoms. The highest BCUT2D eigenvalue weighted by Gasteiger charge is 2.37. The van der Waals surface area contributed by atoms with Crippen LogP contribution < -0.4 is 5.32 Å². The van der Waals surface area contributed by atoms with Crippen LogP contribution in [-0.2, 0) is 13.6 Å². The number of piperazine rings is 1. The van der Waals surface area contributed by atoms with Crippen LogP contribution in [0.2, 0.25) is 0 Å². The summed E-state index contributed by atoms with van der Waals surface area (Å²) in [6, 6.07) is 1.39. The van der Waals surface area contributed by atoms with Crippen LogP contribution in [0.15, 0.2) is 12.4 Å². The molecule has 1 aliphatic heterocycles. The van der Waals surface area contributed by atoms with Crippen LogP contribution in [0.1, 0.15) is 38.7 Å². The Hall–Kier alpha value is -0.870. The molecule has 4 heteroatoms. The summed E-state index contributed by atoms with van der Waals surface area (Å²) >= 11 is 0. The van der Waals surface area contributed by atoms with Gasteiger partial charge in [-0.05, 0) is 31.1 Å². The molecule has 4 nitrogen and oxygen atoms in total. The molecule has 0 amide bonds. The lowest BCUT2D eigenvalue weighted by Gasteiger charge is -2.41. The second-order valence-corrected chi connectivity index (χ2v) is 7.09. The van der Waals surface area contributed by atoms with E-state index in [0.29, 0.717) is 6.04 Å². The Labute approximate surface area is 122 Å². The van der Waals surface area contributed by atoms with Gasteiger partial charge in [0.1, 0.15) is 0 Å².